The Hall–Kier alpha value is -1.40. The molecule has 0 saturated heterocycles. The molecule has 2 unspecified atom stereocenters. The van der Waals surface area contributed by atoms with Gasteiger partial charge in [0.2, 0.25) is 0 Å². The van der Waals surface area contributed by atoms with Crippen LogP contribution in [-0.2, 0) is 4.79 Å². The number of carbonyl (C=O) groups is 1. The van der Waals surface area contributed by atoms with E-state index in [-0.39, 0.29) is 0 Å². The van der Waals surface area contributed by atoms with Crippen molar-refractivity contribution in [1.82, 2.24) is 0 Å². The number of aliphatic hydroxyl groups is 1. The van der Waals surface area contributed by atoms with Crippen LogP contribution in [0, 0.1) is 0 Å². The summed E-state index contributed by atoms with van der Waals surface area (Å²) in [5.41, 5.74) is 1.23. The fourth-order valence-corrected chi connectivity index (χ4v) is 4.15. The van der Waals surface area contributed by atoms with Crippen molar-refractivity contribution in [2.75, 3.05) is 12.4 Å². The number of thioether (sulfide) groups is 1. The first-order valence-corrected chi connectivity index (χ1v) is 8.42. The largest absolute Gasteiger partial charge is 0.497 e. The SMILES string of the molecule is COc1ccc(C2Sc3c(Cl)ccc(Cl)c3NC(=O)C2O)cc1. The van der Waals surface area contributed by atoms with Crippen LogP contribution in [0.5, 0.6) is 5.75 Å². The molecule has 23 heavy (non-hydrogen) atoms. The number of anilines is 1. The van der Waals surface area contributed by atoms with Gasteiger partial charge in [-0.3, -0.25) is 4.79 Å². The first-order chi connectivity index (χ1) is 11.0. The number of benzene rings is 2. The van der Waals surface area contributed by atoms with E-state index in [4.69, 9.17) is 27.9 Å². The van der Waals surface area contributed by atoms with E-state index in [2.05, 4.69) is 5.32 Å². The van der Waals surface area contributed by atoms with E-state index < -0.39 is 17.3 Å². The van der Waals surface area contributed by atoms with E-state index in [9.17, 15) is 9.90 Å². The third-order valence-corrected chi connectivity index (χ3v) is 5.74. The van der Waals surface area contributed by atoms with Crippen LogP contribution >= 0.6 is 35.0 Å². The fraction of sp³-hybridized carbons (Fsp3) is 0.188. The summed E-state index contributed by atoms with van der Waals surface area (Å²) in [6.45, 7) is 0. The van der Waals surface area contributed by atoms with Crippen molar-refractivity contribution in [1.29, 1.82) is 0 Å². The normalized spacial score (nSPS) is 20.4. The second-order valence-corrected chi connectivity index (χ2v) is 6.95. The van der Waals surface area contributed by atoms with Crippen LogP contribution in [0.2, 0.25) is 10.0 Å². The van der Waals surface area contributed by atoms with Crippen molar-refractivity contribution < 1.29 is 14.6 Å². The molecule has 1 amide bonds. The summed E-state index contributed by atoms with van der Waals surface area (Å²) in [5.74, 6) is 0.189. The number of ether oxygens (including phenoxy) is 1. The van der Waals surface area contributed by atoms with Crippen LogP contribution in [0.15, 0.2) is 41.3 Å². The Labute approximate surface area is 147 Å². The topological polar surface area (TPSA) is 58.6 Å². The molecule has 2 atom stereocenters. The van der Waals surface area contributed by atoms with Gasteiger partial charge in [-0.2, -0.15) is 0 Å². The van der Waals surface area contributed by atoms with E-state index in [0.29, 0.717) is 26.4 Å². The van der Waals surface area contributed by atoms with Gasteiger partial charge in [-0.25, -0.2) is 0 Å². The van der Waals surface area contributed by atoms with Crippen LogP contribution < -0.4 is 10.1 Å². The lowest BCUT2D eigenvalue weighted by Gasteiger charge is -2.19. The number of halogens is 2. The molecule has 0 aliphatic carbocycles. The Bertz CT molecular complexity index is 752. The maximum atomic E-state index is 12.2. The smallest absolute Gasteiger partial charge is 0.254 e. The monoisotopic (exact) mass is 369 g/mol. The maximum absolute atomic E-state index is 12.2. The molecule has 0 bridgehead atoms. The molecule has 0 radical (unpaired) electrons. The number of carbonyl (C=O) groups excluding carboxylic acids is 1. The molecule has 4 nitrogen and oxygen atoms in total. The number of methoxy groups -OCH3 is 1. The summed E-state index contributed by atoms with van der Waals surface area (Å²) in [7, 11) is 1.58. The molecular formula is C16H13Cl2NO3S. The number of amides is 1. The van der Waals surface area contributed by atoms with Gasteiger partial charge in [-0.15, -0.1) is 11.8 Å². The number of hydrogen-bond donors (Lipinski definition) is 2. The average molecular weight is 370 g/mol. The molecule has 1 heterocycles. The van der Waals surface area contributed by atoms with Gasteiger partial charge in [0, 0.05) is 0 Å². The zero-order chi connectivity index (χ0) is 16.6. The van der Waals surface area contributed by atoms with Crippen LogP contribution in [0.3, 0.4) is 0 Å². The summed E-state index contributed by atoms with van der Waals surface area (Å²) in [4.78, 5) is 12.9. The van der Waals surface area contributed by atoms with Crippen molar-refractivity contribution in [2.24, 2.45) is 0 Å². The second kappa shape index (κ2) is 6.61. The standard InChI is InChI=1S/C16H13Cl2NO3S/c1-22-9-4-2-8(3-5-9)14-13(20)16(21)19-12-10(17)6-7-11(18)15(12)23-14/h2-7,13-14,20H,1H3,(H,19,21). The minimum Gasteiger partial charge on any atom is -0.497 e. The third-order valence-electron chi connectivity index (χ3n) is 3.55. The predicted octanol–water partition coefficient (Wildman–Crippen LogP) is 4.15. The molecule has 2 aromatic rings. The van der Waals surface area contributed by atoms with E-state index in [0.717, 1.165) is 5.56 Å². The molecule has 2 N–H and O–H groups in total. The Morgan fingerprint density at radius 3 is 2.43 bits per heavy atom. The lowest BCUT2D eigenvalue weighted by atomic mass is 10.1. The lowest BCUT2D eigenvalue weighted by Crippen LogP contribution is -2.30. The number of nitrogens with one attached hydrogen (secondary N) is 1. The average Bonchev–Trinajstić information content (AvgIpc) is 2.70. The van der Waals surface area contributed by atoms with Crippen LogP contribution in [0.1, 0.15) is 10.8 Å². The molecule has 120 valence electrons. The molecular weight excluding hydrogens is 357 g/mol. The maximum Gasteiger partial charge on any atom is 0.254 e. The van der Waals surface area contributed by atoms with Gasteiger partial charge in [0.05, 0.1) is 33.0 Å². The lowest BCUT2D eigenvalue weighted by molar-refractivity contribution is -0.124. The minimum absolute atomic E-state index is 0.382. The molecule has 0 spiro atoms. The highest BCUT2D eigenvalue weighted by Crippen LogP contribution is 2.49. The number of aliphatic hydroxyl groups excluding tert-OH is 1. The van der Waals surface area contributed by atoms with Crippen molar-refractivity contribution in [3.63, 3.8) is 0 Å². The Morgan fingerprint density at radius 2 is 1.78 bits per heavy atom. The summed E-state index contributed by atoms with van der Waals surface area (Å²) in [6.07, 6.45) is -1.23. The van der Waals surface area contributed by atoms with E-state index in [1.54, 1.807) is 31.4 Å². The molecule has 0 aromatic heterocycles. The van der Waals surface area contributed by atoms with E-state index >= 15 is 0 Å². The quantitative estimate of drug-likeness (QED) is 0.834. The van der Waals surface area contributed by atoms with Gasteiger partial charge in [0.25, 0.3) is 5.91 Å². The first-order valence-electron chi connectivity index (χ1n) is 6.79. The zero-order valence-electron chi connectivity index (χ0n) is 12.0. The highest BCUT2D eigenvalue weighted by Gasteiger charge is 2.34. The molecule has 1 aliphatic heterocycles. The van der Waals surface area contributed by atoms with Gasteiger partial charge in [0.15, 0.2) is 0 Å². The predicted molar refractivity (Wildman–Crippen MR) is 92.7 cm³/mol. The molecule has 1 aliphatic rings. The molecule has 0 fully saturated rings. The molecule has 7 heteroatoms. The van der Waals surface area contributed by atoms with Crippen molar-refractivity contribution in [2.45, 2.75) is 16.2 Å². The summed E-state index contributed by atoms with van der Waals surface area (Å²) in [5, 5.41) is 13.4. The first kappa shape index (κ1) is 16.5. The third kappa shape index (κ3) is 3.15. The van der Waals surface area contributed by atoms with Crippen LogP contribution in [-0.4, -0.2) is 24.2 Å². The van der Waals surface area contributed by atoms with Crippen LogP contribution in [0.25, 0.3) is 0 Å². The zero-order valence-corrected chi connectivity index (χ0v) is 14.4. The molecule has 3 rings (SSSR count). The highest BCUT2D eigenvalue weighted by atomic mass is 35.5. The molecule has 0 saturated carbocycles. The highest BCUT2D eigenvalue weighted by molar-refractivity contribution is 8.00. The summed E-state index contributed by atoms with van der Waals surface area (Å²) >= 11 is 13.7. The Morgan fingerprint density at radius 1 is 1.13 bits per heavy atom. The molecule has 2 aromatic carbocycles. The van der Waals surface area contributed by atoms with Gasteiger partial charge in [-0.05, 0) is 29.8 Å². The van der Waals surface area contributed by atoms with Gasteiger partial charge >= 0.3 is 0 Å². The fourth-order valence-electron chi connectivity index (χ4n) is 2.33. The second-order valence-electron chi connectivity index (χ2n) is 4.98. The minimum atomic E-state index is -1.23. The van der Waals surface area contributed by atoms with Gasteiger partial charge < -0.3 is 15.2 Å². The summed E-state index contributed by atoms with van der Waals surface area (Å²) in [6, 6.07) is 10.5. The Kier molecular flexibility index (Phi) is 4.73. The van der Waals surface area contributed by atoms with Crippen LogP contribution in [0.4, 0.5) is 5.69 Å². The van der Waals surface area contributed by atoms with Crippen molar-refractivity contribution in [3.8, 4) is 5.75 Å². The number of rotatable bonds is 2. The number of hydrogen-bond acceptors (Lipinski definition) is 4. The van der Waals surface area contributed by atoms with Gasteiger partial charge in [0.1, 0.15) is 11.9 Å². The van der Waals surface area contributed by atoms with Crippen molar-refractivity contribution in [3.05, 3.63) is 52.0 Å². The Balaban J connectivity index is 2.05. The van der Waals surface area contributed by atoms with E-state index in [1.807, 2.05) is 12.1 Å². The van der Waals surface area contributed by atoms with Gasteiger partial charge in [-0.1, -0.05) is 35.3 Å². The van der Waals surface area contributed by atoms with E-state index in [1.165, 1.54) is 11.8 Å². The number of fused-ring (bicyclic) bond motifs is 1. The van der Waals surface area contributed by atoms with Crippen molar-refractivity contribution >= 4 is 46.6 Å². The summed E-state index contributed by atoms with van der Waals surface area (Å²) < 4.78 is 5.13.